The number of hydrogen-bond donors (Lipinski definition) is 2. The van der Waals surface area contributed by atoms with E-state index in [1.165, 1.54) is 16.7 Å². The number of aromatic amines is 1. The maximum Gasteiger partial charge on any atom is 0.335 e. The van der Waals surface area contributed by atoms with Crippen LogP contribution in [0.25, 0.3) is 5.57 Å². The molecule has 0 aliphatic heterocycles. The number of benzene rings is 1. The van der Waals surface area contributed by atoms with E-state index in [0.29, 0.717) is 5.56 Å². The molecule has 1 heterocycles. The fourth-order valence-electron chi connectivity index (χ4n) is 2.78. The zero-order valence-electron chi connectivity index (χ0n) is 11.3. The van der Waals surface area contributed by atoms with E-state index in [1.54, 1.807) is 18.3 Å². The minimum atomic E-state index is -0.865. The number of carboxylic acid groups (broad SMARTS) is 1. The van der Waals surface area contributed by atoms with Gasteiger partial charge in [-0.2, -0.15) is 0 Å². The van der Waals surface area contributed by atoms with Gasteiger partial charge < -0.3 is 10.1 Å². The number of rotatable bonds is 3. The Balaban J connectivity index is 1.95. The smallest absolute Gasteiger partial charge is 0.335 e. The van der Waals surface area contributed by atoms with Gasteiger partial charge in [0.15, 0.2) is 0 Å². The number of hydrogen-bond acceptors (Lipinski definition) is 2. The highest BCUT2D eigenvalue weighted by Crippen LogP contribution is 2.32. The van der Waals surface area contributed by atoms with E-state index in [9.17, 15) is 4.79 Å². The molecule has 4 heteroatoms. The summed E-state index contributed by atoms with van der Waals surface area (Å²) in [5.41, 5.74) is 5.29. The van der Waals surface area contributed by atoms with E-state index < -0.39 is 5.97 Å². The molecule has 2 aromatic rings. The van der Waals surface area contributed by atoms with Gasteiger partial charge >= 0.3 is 5.97 Å². The minimum absolute atomic E-state index is 0.367. The zero-order chi connectivity index (χ0) is 14.1. The van der Waals surface area contributed by atoms with Gasteiger partial charge in [0, 0.05) is 18.8 Å². The van der Waals surface area contributed by atoms with Crippen molar-refractivity contribution >= 4 is 11.5 Å². The van der Waals surface area contributed by atoms with Gasteiger partial charge in [0.1, 0.15) is 5.82 Å². The molecule has 1 aliphatic rings. The predicted octanol–water partition coefficient (Wildman–Crippen LogP) is 3.07. The lowest BCUT2D eigenvalue weighted by molar-refractivity contribution is 0.0696. The molecule has 0 atom stereocenters. The van der Waals surface area contributed by atoms with Crippen molar-refractivity contribution < 1.29 is 9.90 Å². The number of aryl methyl sites for hydroxylation is 1. The van der Waals surface area contributed by atoms with E-state index in [2.05, 4.69) is 16.9 Å². The lowest BCUT2D eigenvalue weighted by Crippen LogP contribution is -2.08. The van der Waals surface area contributed by atoms with Gasteiger partial charge in [-0.05, 0) is 48.6 Å². The average Bonchev–Trinajstić information content (AvgIpc) is 2.94. The summed E-state index contributed by atoms with van der Waals surface area (Å²) in [5, 5.41) is 9.05. The maximum absolute atomic E-state index is 11.0. The van der Waals surface area contributed by atoms with Crippen LogP contribution in [0.3, 0.4) is 0 Å². The fourth-order valence-corrected chi connectivity index (χ4v) is 2.78. The van der Waals surface area contributed by atoms with E-state index in [0.717, 1.165) is 30.7 Å². The molecule has 0 saturated heterocycles. The first-order chi connectivity index (χ1) is 9.65. The molecular formula is C16H16N2O2. The second-order valence-electron chi connectivity index (χ2n) is 5.12. The zero-order valence-corrected chi connectivity index (χ0v) is 11.3. The third-order valence-corrected chi connectivity index (χ3v) is 3.92. The molecule has 0 amide bonds. The van der Waals surface area contributed by atoms with Crippen molar-refractivity contribution in [3.8, 4) is 0 Å². The Bertz CT molecular complexity index is 685. The Labute approximate surface area is 117 Å². The Kier molecular flexibility index (Phi) is 3.14. The number of aromatic carboxylic acids is 1. The standard InChI is InChI=1S/C16H16N2O2/c1-10-11(9-15-17-6-7-18-15)2-3-12-8-13(16(19)20)4-5-14(10)12/h4-8H,2-3,9H2,1H3,(H,17,18)(H,19,20). The summed E-state index contributed by atoms with van der Waals surface area (Å²) in [4.78, 5) is 18.4. The highest BCUT2D eigenvalue weighted by atomic mass is 16.4. The predicted molar refractivity (Wildman–Crippen MR) is 76.6 cm³/mol. The largest absolute Gasteiger partial charge is 0.478 e. The third-order valence-electron chi connectivity index (χ3n) is 3.92. The van der Waals surface area contributed by atoms with Crippen LogP contribution in [0, 0.1) is 0 Å². The molecule has 4 nitrogen and oxygen atoms in total. The van der Waals surface area contributed by atoms with Crippen molar-refractivity contribution in [3.05, 3.63) is 58.7 Å². The number of allylic oxidation sites excluding steroid dienone is 2. The van der Waals surface area contributed by atoms with Crippen LogP contribution in [-0.4, -0.2) is 21.0 Å². The Morgan fingerprint density at radius 1 is 1.40 bits per heavy atom. The first-order valence-corrected chi connectivity index (χ1v) is 6.68. The summed E-state index contributed by atoms with van der Waals surface area (Å²) in [5.74, 6) is 0.112. The van der Waals surface area contributed by atoms with Crippen molar-refractivity contribution in [1.82, 2.24) is 9.97 Å². The molecule has 0 unspecified atom stereocenters. The van der Waals surface area contributed by atoms with Gasteiger partial charge in [-0.25, -0.2) is 9.78 Å². The monoisotopic (exact) mass is 268 g/mol. The molecule has 0 radical (unpaired) electrons. The van der Waals surface area contributed by atoms with Crippen LogP contribution < -0.4 is 0 Å². The van der Waals surface area contributed by atoms with Crippen LogP contribution in [0.1, 0.15) is 40.7 Å². The second kappa shape index (κ2) is 4.96. The van der Waals surface area contributed by atoms with Crippen molar-refractivity contribution in [3.63, 3.8) is 0 Å². The third kappa shape index (κ3) is 2.25. The first-order valence-electron chi connectivity index (χ1n) is 6.68. The number of carbonyl (C=O) groups is 1. The normalized spacial score (nSPS) is 14.2. The van der Waals surface area contributed by atoms with Gasteiger partial charge in [0.05, 0.1) is 5.56 Å². The van der Waals surface area contributed by atoms with E-state index in [4.69, 9.17) is 5.11 Å². The molecule has 0 fully saturated rings. The van der Waals surface area contributed by atoms with Gasteiger partial charge in [-0.1, -0.05) is 11.6 Å². The SMILES string of the molecule is CC1=C(Cc2ncc[nH]2)CCc2cc(C(=O)O)ccc21. The molecule has 1 aromatic heterocycles. The lowest BCUT2D eigenvalue weighted by atomic mass is 9.84. The lowest BCUT2D eigenvalue weighted by Gasteiger charge is -2.21. The molecule has 0 saturated carbocycles. The highest BCUT2D eigenvalue weighted by Gasteiger charge is 2.18. The van der Waals surface area contributed by atoms with Gasteiger partial charge in [-0.15, -0.1) is 0 Å². The quantitative estimate of drug-likeness (QED) is 0.899. The Morgan fingerprint density at radius 3 is 2.95 bits per heavy atom. The van der Waals surface area contributed by atoms with Crippen molar-refractivity contribution in [1.29, 1.82) is 0 Å². The molecule has 102 valence electrons. The number of nitrogens with zero attached hydrogens (tertiary/aromatic N) is 1. The average molecular weight is 268 g/mol. The summed E-state index contributed by atoms with van der Waals surface area (Å²) in [7, 11) is 0. The van der Waals surface area contributed by atoms with E-state index >= 15 is 0 Å². The van der Waals surface area contributed by atoms with Gasteiger partial charge in [0.2, 0.25) is 0 Å². The Morgan fingerprint density at radius 2 is 2.25 bits per heavy atom. The van der Waals surface area contributed by atoms with Crippen LogP contribution >= 0.6 is 0 Å². The van der Waals surface area contributed by atoms with E-state index in [-0.39, 0.29) is 0 Å². The molecule has 20 heavy (non-hydrogen) atoms. The summed E-state index contributed by atoms with van der Waals surface area (Å²) in [6.45, 7) is 2.11. The van der Waals surface area contributed by atoms with Crippen LogP contribution in [0.2, 0.25) is 0 Å². The molecule has 0 spiro atoms. The fraction of sp³-hybridized carbons (Fsp3) is 0.250. The molecule has 1 aromatic carbocycles. The molecule has 2 N–H and O–H groups in total. The van der Waals surface area contributed by atoms with E-state index in [1.807, 2.05) is 12.3 Å². The van der Waals surface area contributed by atoms with Crippen LogP contribution in [0.5, 0.6) is 0 Å². The first kappa shape index (κ1) is 12.7. The van der Waals surface area contributed by atoms with Crippen molar-refractivity contribution in [2.45, 2.75) is 26.2 Å². The van der Waals surface area contributed by atoms with Gasteiger partial charge in [-0.3, -0.25) is 0 Å². The summed E-state index contributed by atoms with van der Waals surface area (Å²) in [6.07, 6.45) is 6.29. The number of carboxylic acids is 1. The minimum Gasteiger partial charge on any atom is -0.478 e. The number of fused-ring (bicyclic) bond motifs is 1. The highest BCUT2D eigenvalue weighted by molar-refractivity contribution is 5.89. The number of aromatic nitrogens is 2. The summed E-state index contributed by atoms with van der Waals surface area (Å²) in [6, 6.07) is 5.40. The molecule has 3 rings (SSSR count). The Hall–Kier alpha value is -2.36. The summed E-state index contributed by atoms with van der Waals surface area (Å²) >= 11 is 0. The van der Waals surface area contributed by atoms with Crippen LogP contribution in [0.4, 0.5) is 0 Å². The van der Waals surface area contributed by atoms with Crippen molar-refractivity contribution in [2.24, 2.45) is 0 Å². The number of imidazole rings is 1. The number of nitrogens with one attached hydrogen (secondary N) is 1. The molecular weight excluding hydrogens is 252 g/mol. The molecule has 1 aliphatic carbocycles. The maximum atomic E-state index is 11.0. The van der Waals surface area contributed by atoms with Crippen LogP contribution in [0.15, 0.2) is 36.2 Å². The molecule has 0 bridgehead atoms. The van der Waals surface area contributed by atoms with Crippen molar-refractivity contribution in [2.75, 3.05) is 0 Å². The van der Waals surface area contributed by atoms with Crippen LogP contribution in [-0.2, 0) is 12.8 Å². The second-order valence-corrected chi connectivity index (χ2v) is 5.12. The summed E-state index contributed by atoms with van der Waals surface area (Å²) < 4.78 is 0. The topological polar surface area (TPSA) is 66.0 Å². The van der Waals surface area contributed by atoms with Gasteiger partial charge in [0.25, 0.3) is 0 Å². The number of H-pyrrole nitrogens is 1.